The smallest absolute Gasteiger partial charge is 0.343 e. The van der Waals surface area contributed by atoms with E-state index in [1.54, 1.807) is 67.6 Å². The number of hydrazone groups is 1. The Bertz CT molecular complexity index is 1230. The Morgan fingerprint density at radius 3 is 2.29 bits per heavy atom. The molecule has 0 spiro atoms. The summed E-state index contributed by atoms with van der Waals surface area (Å²) >= 11 is 5.94. The number of ether oxygens (including phenoxy) is 4. The van der Waals surface area contributed by atoms with Crippen molar-refractivity contribution in [3.8, 4) is 23.0 Å². The molecule has 0 aliphatic rings. The first-order chi connectivity index (χ1) is 16.8. The zero-order chi connectivity index (χ0) is 25.4. The Morgan fingerprint density at radius 1 is 0.943 bits per heavy atom. The zero-order valence-corrected chi connectivity index (χ0v) is 20.5. The second-order valence-electron chi connectivity index (χ2n) is 7.43. The van der Waals surface area contributed by atoms with E-state index in [1.165, 1.54) is 20.4 Å². The van der Waals surface area contributed by atoms with E-state index in [4.69, 9.17) is 30.5 Å². The highest BCUT2D eigenvalue weighted by atomic mass is 35.5. The zero-order valence-electron chi connectivity index (χ0n) is 19.7. The van der Waals surface area contributed by atoms with Gasteiger partial charge in [0.1, 0.15) is 11.5 Å². The average molecular weight is 497 g/mol. The van der Waals surface area contributed by atoms with E-state index in [1.807, 2.05) is 6.92 Å². The number of nitrogens with one attached hydrogen (secondary N) is 1. The maximum atomic E-state index is 12.4. The molecule has 0 radical (unpaired) electrons. The summed E-state index contributed by atoms with van der Waals surface area (Å²) in [6.07, 6.45) is 0.711. The minimum Gasteiger partial charge on any atom is -0.493 e. The van der Waals surface area contributed by atoms with Crippen molar-refractivity contribution in [1.82, 2.24) is 5.43 Å². The molecular weight excluding hydrogens is 472 g/mol. The van der Waals surface area contributed by atoms with Gasteiger partial charge in [-0.05, 0) is 85.6 Å². The molecule has 1 N–H and O–H groups in total. The third-order valence-electron chi connectivity index (χ3n) is 4.91. The maximum Gasteiger partial charge on any atom is 0.343 e. The van der Waals surface area contributed by atoms with E-state index in [9.17, 15) is 9.59 Å². The van der Waals surface area contributed by atoms with Gasteiger partial charge in [0, 0.05) is 5.02 Å². The molecule has 0 saturated heterocycles. The van der Waals surface area contributed by atoms with Gasteiger partial charge in [-0.1, -0.05) is 11.6 Å². The van der Waals surface area contributed by atoms with Gasteiger partial charge < -0.3 is 18.9 Å². The Balaban J connectivity index is 1.53. The van der Waals surface area contributed by atoms with Gasteiger partial charge in [-0.2, -0.15) is 5.10 Å². The second kappa shape index (κ2) is 11.9. The van der Waals surface area contributed by atoms with Crippen molar-refractivity contribution in [2.75, 3.05) is 14.2 Å². The van der Waals surface area contributed by atoms with E-state index >= 15 is 0 Å². The number of methoxy groups -OCH3 is 2. The first kappa shape index (κ1) is 25.6. The molecule has 0 bridgehead atoms. The third kappa shape index (κ3) is 6.97. The van der Waals surface area contributed by atoms with Gasteiger partial charge in [0.15, 0.2) is 17.6 Å². The molecule has 0 aliphatic heterocycles. The first-order valence-electron chi connectivity index (χ1n) is 10.6. The van der Waals surface area contributed by atoms with Crippen molar-refractivity contribution in [1.29, 1.82) is 0 Å². The van der Waals surface area contributed by atoms with Crippen molar-refractivity contribution >= 4 is 29.7 Å². The predicted molar refractivity (Wildman–Crippen MR) is 133 cm³/mol. The van der Waals surface area contributed by atoms with Crippen LogP contribution in [0.15, 0.2) is 65.8 Å². The number of hydrogen-bond acceptors (Lipinski definition) is 7. The van der Waals surface area contributed by atoms with Crippen LogP contribution in [0.25, 0.3) is 0 Å². The average Bonchev–Trinajstić information content (AvgIpc) is 2.86. The second-order valence-corrected chi connectivity index (χ2v) is 7.87. The van der Waals surface area contributed by atoms with E-state index in [2.05, 4.69) is 10.5 Å². The molecule has 0 fully saturated rings. The number of esters is 1. The summed E-state index contributed by atoms with van der Waals surface area (Å²) in [4.78, 5) is 24.7. The highest BCUT2D eigenvalue weighted by Gasteiger charge is 2.15. The molecule has 9 heteroatoms. The maximum absolute atomic E-state index is 12.4. The Labute approximate surface area is 208 Å². The molecule has 0 heterocycles. The van der Waals surface area contributed by atoms with Crippen LogP contribution in [-0.2, 0) is 4.79 Å². The van der Waals surface area contributed by atoms with Crippen LogP contribution in [0.4, 0.5) is 0 Å². The number of rotatable bonds is 9. The fraction of sp³-hybridized carbons (Fsp3) is 0.192. The van der Waals surface area contributed by atoms with Crippen molar-refractivity contribution in [2.45, 2.75) is 20.0 Å². The molecule has 3 rings (SSSR count). The van der Waals surface area contributed by atoms with Gasteiger partial charge in [0.25, 0.3) is 5.91 Å². The standard InChI is InChI=1S/C26H25ClN2O6/c1-16-13-20(27)8-12-22(16)34-17(2)25(30)29-28-15-18-5-9-21(10-6-18)35-26(31)19-7-11-23(32-3)24(14-19)33-4/h5-15,17H,1-4H3,(H,29,30)/b28-15+. The summed E-state index contributed by atoms with van der Waals surface area (Å²) in [5, 5.41) is 4.55. The molecule has 0 saturated carbocycles. The normalized spacial score (nSPS) is 11.6. The van der Waals surface area contributed by atoms with Crippen LogP contribution >= 0.6 is 11.6 Å². The third-order valence-corrected chi connectivity index (χ3v) is 5.14. The quantitative estimate of drug-likeness (QED) is 0.198. The fourth-order valence-corrected chi connectivity index (χ4v) is 3.23. The first-order valence-corrected chi connectivity index (χ1v) is 11.0. The fourth-order valence-electron chi connectivity index (χ4n) is 3.00. The number of halogens is 1. The lowest BCUT2D eigenvalue weighted by atomic mass is 10.2. The Hall–Kier alpha value is -4.04. The molecule has 8 nitrogen and oxygen atoms in total. The number of carbonyl (C=O) groups excluding carboxylic acids is 2. The summed E-state index contributed by atoms with van der Waals surface area (Å²) < 4.78 is 21.5. The topological polar surface area (TPSA) is 95.5 Å². The Morgan fingerprint density at radius 2 is 1.63 bits per heavy atom. The number of carbonyl (C=O) groups is 2. The van der Waals surface area contributed by atoms with Crippen LogP contribution in [0.2, 0.25) is 5.02 Å². The highest BCUT2D eigenvalue weighted by molar-refractivity contribution is 6.30. The van der Waals surface area contributed by atoms with Crippen LogP contribution in [0.5, 0.6) is 23.0 Å². The lowest BCUT2D eigenvalue weighted by molar-refractivity contribution is -0.127. The summed E-state index contributed by atoms with van der Waals surface area (Å²) in [5.41, 5.74) is 4.28. The van der Waals surface area contributed by atoms with Crippen molar-refractivity contribution < 1.29 is 28.5 Å². The van der Waals surface area contributed by atoms with Gasteiger partial charge >= 0.3 is 5.97 Å². The van der Waals surface area contributed by atoms with Gasteiger partial charge in [-0.3, -0.25) is 4.79 Å². The monoisotopic (exact) mass is 496 g/mol. The summed E-state index contributed by atoms with van der Waals surface area (Å²) in [7, 11) is 3.01. The molecule has 35 heavy (non-hydrogen) atoms. The van der Waals surface area contributed by atoms with E-state index in [0.717, 1.165) is 5.56 Å². The van der Waals surface area contributed by atoms with Crippen molar-refractivity contribution in [3.63, 3.8) is 0 Å². The van der Waals surface area contributed by atoms with Crippen LogP contribution in [-0.4, -0.2) is 38.4 Å². The molecule has 1 unspecified atom stereocenters. The van der Waals surface area contributed by atoms with E-state index < -0.39 is 18.0 Å². The highest BCUT2D eigenvalue weighted by Crippen LogP contribution is 2.28. The van der Waals surface area contributed by atoms with Crippen LogP contribution in [0.1, 0.15) is 28.4 Å². The van der Waals surface area contributed by atoms with Crippen LogP contribution < -0.4 is 24.4 Å². The lowest BCUT2D eigenvalue weighted by Gasteiger charge is -2.14. The van der Waals surface area contributed by atoms with Gasteiger partial charge in [0.05, 0.1) is 26.0 Å². The molecule has 3 aromatic carbocycles. The molecule has 182 valence electrons. The molecular formula is C26H25ClN2O6. The number of hydrogen-bond donors (Lipinski definition) is 1. The largest absolute Gasteiger partial charge is 0.493 e. The lowest BCUT2D eigenvalue weighted by Crippen LogP contribution is -2.33. The minimum atomic E-state index is -0.759. The molecule has 0 aliphatic carbocycles. The SMILES string of the molecule is COc1ccc(C(=O)Oc2ccc(/C=N/NC(=O)C(C)Oc3ccc(Cl)cc3C)cc2)cc1OC. The summed E-state index contributed by atoms with van der Waals surface area (Å²) in [5.74, 6) is 0.922. The Kier molecular flexibility index (Phi) is 8.69. The van der Waals surface area contributed by atoms with Gasteiger partial charge in [-0.25, -0.2) is 10.2 Å². The summed E-state index contributed by atoms with van der Waals surface area (Å²) in [6.45, 7) is 3.47. The van der Waals surface area contributed by atoms with E-state index in [-0.39, 0.29) is 0 Å². The molecule has 1 amide bonds. The van der Waals surface area contributed by atoms with Gasteiger partial charge in [0.2, 0.25) is 0 Å². The number of amides is 1. The molecule has 0 aromatic heterocycles. The molecule has 1 atom stereocenters. The number of benzene rings is 3. The predicted octanol–water partition coefficient (Wildman–Crippen LogP) is 4.80. The van der Waals surface area contributed by atoms with Gasteiger partial charge in [-0.15, -0.1) is 0 Å². The van der Waals surface area contributed by atoms with E-state index in [0.29, 0.717) is 39.1 Å². The number of nitrogens with zero attached hydrogens (tertiary/aromatic N) is 1. The molecule has 3 aromatic rings. The van der Waals surface area contributed by atoms with Crippen LogP contribution in [0, 0.1) is 6.92 Å². The van der Waals surface area contributed by atoms with Crippen LogP contribution in [0.3, 0.4) is 0 Å². The van der Waals surface area contributed by atoms with Crippen molar-refractivity contribution in [3.05, 3.63) is 82.4 Å². The number of aryl methyl sites for hydroxylation is 1. The summed E-state index contributed by atoms with van der Waals surface area (Å²) in [6, 6.07) is 16.6. The van der Waals surface area contributed by atoms with Crippen molar-refractivity contribution in [2.24, 2.45) is 5.10 Å². The minimum absolute atomic E-state index is 0.320.